The van der Waals surface area contributed by atoms with Crippen LogP contribution in [0.15, 0.2) is 6.07 Å². The van der Waals surface area contributed by atoms with E-state index in [4.69, 9.17) is 22.4 Å². The van der Waals surface area contributed by atoms with Gasteiger partial charge in [0.15, 0.2) is 11.6 Å². The van der Waals surface area contributed by atoms with Crippen molar-refractivity contribution >= 4 is 17.6 Å². The zero-order valence-corrected chi connectivity index (χ0v) is 8.56. The Morgan fingerprint density at radius 1 is 1.44 bits per heavy atom. The van der Waals surface area contributed by atoms with E-state index in [0.29, 0.717) is 6.07 Å². The summed E-state index contributed by atoms with van der Waals surface area (Å²) in [6, 6.07) is -1.05. The molecule has 0 fully saturated rings. The summed E-state index contributed by atoms with van der Waals surface area (Å²) >= 11 is 5.28. The van der Waals surface area contributed by atoms with Crippen molar-refractivity contribution in [1.29, 1.82) is 0 Å². The molecule has 0 radical (unpaired) electrons. The molecule has 1 aromatic carbocycles. The number of carboxylic acid groups (broad SMARTS) is 1. The van der Waals surface area contributed by atoms with Crippen molar-refractivity contribution in [3.8, 4) is 0 Å². The lowest BCUT2D eigenvalue weighted by atomic mass is 10.1. The van der Waals surface area contributed by atoms with Gasteiger partial charge in [-0.15, -0.1) is 0 Å². The van der Waals surface area contributed by atoms with Gasteiger partial charge in [-0.1, -0.05) is 11.6 Å². The van der Waals surface area contributed by atoms with Gasteiger partial charge in [-0.25, -0.2) is 13.2 Å². The lowest BCUT2D eigenvalue weighted by Gasteiger charge is -2.10. The molecule has 1 rings (SSSR count). The Morgan fingerprint density at radius 2 is 2.00 bits per heavy atom. The highest BCUT2D eigenvalue weighted by atomic mass is 35.5. The van der Waals surface area contributed by atoms with Gasteiger partial charge in [-0.3, -0.25) is 4.79 Å². The molecule has 0 aliphatic heterocycles. The summed E-state index contributed by atoms with van der Waals surface area (Å²) in [7, 11) is 0. The van der Waals surface area contributed by atoms with E-state index in [1.165, 1.54) is 0 Å². The lowest BCUT2D eigenvalue weighted by Crippen LogP contribution is -2.33. The fourth-order valence-electron chi connectivity index (χ4n) is 1.11. The summed E-state index contributed by atoms with van der Waals surface area (Å²) < 4.78 is 39.3. The van der Waals surface area contributed by atoms with Crippen LogP contribution in [0.4, 0.5) is 13.2 Å². The summed E-state index contributed by atoms with van der Waals surface area (Å²) in [5.74, 6) is -5.46. The van der Waals surface area contributed by atoms with Gasteiger partial charge in [0, 0.05) is 12.0 Å². The smallest absolute Gasteiger partial charge is 0.320 e. The maximum absolute atomic E-state index is 13.3. The average molecular weight is 254 g/mol. The van der Waals surface area contributed by atoms with Gasteiger partial charge in [0.25, 0.3) is 0 Å². The topological polar surface area (TPSA) is 63.3 Å². The SMILES string of the molecule is NC(Cc1c(F)c(F)cc(Cl)c1F)C(=O)O. The van der Waals surface area contributed by atoms with Gasteiger partial charge in [0.1, 0.15) is 11.9 Å². The van der Waals surface area contributed by atoms with Gasteiger partial charge >= 0.3 is 5.97 Å². The predicted molar refractivity (Wildman–Crippen MR) is 50.6 cm³/mol. The van der Waals surface area contributed by atoms with Crippen LogP contribution in [-0.2, 0) is 11.2 Å². The minimum atomic E-state index is -1.53. The van der Waals surface area contributed by atoms with E-state index in [0.717, 1.165) is 0 Å². The predicted octanol–water partition coefficient (Wildman–Crippen LogP) is 1.71. The van der Waals surface area contributed by atoms with Crippen molar-refractivity contribution in [2.45, 2.75) is 12.5 Å². The molecule has 0 saturated carbocycles. The number of carboxylic acids is 1. The molecule has 0 bridgehead atoms. The van der Waals surface area contributed by atoms with Gasteiger partial charge in [-0.2, -0.15) is 0 Å². The quantitative estimate of drug-likeness (QED) is 0.806. The van der Waals surface area contributed by atoms with E-state index >= 15 is 0 Å². The second kappa shape index (κ2) is 4.71. The molecule has 0 amide bonds. The number of halogens is 4. The minimum absolute atomic E-state index is 0.474. The van der Waals surface area contributed by atoms with Crippen LogP contribution in [0.5, 0.6) is 0 Å². The van der Waals surface area contributed by atoms with Crippen LogP contribution in [-0.4, -0.2) is 17.1 Å². The monoisotopic (exact) mass is 253 g/mol. The minimum Gasteiger partial charge on any atom is -0.480 e. The molecule has 16 heavy (non-hydrogen) atoms. The van der Waals surface area contributed by atoms with Crippen LogP contribution >= 0.6 is 11.6 Å². The molecule has 0 saturated heterocycles. The number of nitrogens with two attached hydrogens (primary N) is 1. The van der Waals surface area contributed by atoms with E-state index in [2.05, 4.69) is 0 Å². The molecule has 0 aliphatic carbocycles. The second-order valence-corrected chi connectivity index (χ2v) is 3.50. The van der Waals surface area contributed by atoms with Crippen LogP contribution in [0.25, 0.3) is 0 Å². The molecule has 88 valence electrons. The molecule has 7 heteroatoms. The molecule has 3 N–H and O–H groups in total. The van der Waals surface area contributed by atoms with Crippen LogP contribution in [0.2, 0.25) is 5.02 Å². The summed E-state index contributed by atoms with van der Waals surface area (Å²) in [6.45, 7) is 0. The summed E-state index contributed by atoms with van der Waals surface area (Å²) in [6.07, 6.45) is -0.676. The third-order valence-electron chi connectivity index (χ3n) is 1.94. The molecule has 3 nitrogen and oxygen atoms in total. The van der Waals surface area contributed by atoms with E-state index in [1.807, 2.05) is 0 Å². The number of hydrogen-bond acceptors (Lipinski definition) is 2. The first-order valence-corrected chi connectivity index (χ1v) is 4.52. The summed E-state index contributed by atoms with van der Waals surface area (Å²) in [5, 5.41) is 7.85. The molecule has 1 unspecified atom stereocenters. The third kappa shape index (κ3) is 2.45. The number of benzene rings is 1. The standard InChI is InChI=1S/C9H7ClF3NO2/c10-4-2-5(11)8(13)3(7(4)12)1-6(14)9(15)16/h2,6H,1,14H2,(H,15,16). The molecule has 0 spiro atoms. The highest BCUT2D eigenvalue weighted by Crippen LogP contribution is 2.24. The van der Waals surface area contributed by atoms with Crippen LogP contribution in [0.1, 0.15) is 5.56 Å². The Kier molecular flexibility index (Phi) is 3.77. The summed E-state index contributed by atoms with van der Waals surface area (Å²) in [5.41, 5.74) is 4.32. The second-order valence-electron chi connectivity index (χ2n) is 3.10. The number of hydrogen-bond donors (Lipinski definition) is 2. The van der Waals surface area contributed by atoms with Crippen molar-refractivity contribution < 1.29 is 23.1 Å². The van der Waals surface area contributed by atoms with E-state index in [9.17, 15) is 18.0 Å². The Hall–Kier alpha value is -1.27. The van der Waals surface area contributed by atoms with Crippen molar-refractivity contribution in [3.63, 3.8) is 0 Å². The lowest BCUT2D eigenvalue weighted by molar-refractivity contribution is -0.138. The third-order valence-corrected chi connectivity index (χ3v) is 2.22. The largest absolute Gasteiger partial charge is 0.480 e. The van der Waals surface area contributed by atoms with Crippen molar-refractivity contribution in [2.24, 2.45) is 5.73 Å². The maximum Gasteiger partial charge on any atom is 0.320 e. The first kappa shape index (κ1) is 12.8. The fourth-order valence-corrected chi connectivity index (χ4v) is 1.32. The number of rotatable bonds is 3. The fraction of sp³-hybridized carbons (Fsp3) is 0.222. The van der Waals surface area contributed by atoms with E-state index in [1.54, 1.807) is 0 Å². The van der Waals surface area contributed by atoms with Gasteiger partial charge in [0.05, 0.1) is 5.02 Å². The molecule has 1 aromatic rings. The average Bonchev–Trinajstić information content (AvgIpc) is 2.21. The first-order valence-electron chi connectivity index (χ1n) is 4.14. The normalized spacial score (nSPS) is 12.6. The molecule has 0 heterocycles. The van der Waals surface area contributed by atoms with Crippen molar-refractivity contribution in [1.82, 2.24) is 0 Å². The highest BCUT2D eigenvalue weighted by molar-refractivity contribution is 6.30. The molecule has 0 aromatic heterocycles. The number of aliphatic carboxylic acids is 1. The van der Waals surface area contributed by atoms with Crippen LogP contribution < -0.4 is 5.73 Å². The van der Waals surface area contributed by atoms with Crippen LogP contribution in [0, 0.1) is 17.5 Å². The maximum atomic E-state index is 13.3. The molecular formula is C9H7ClF3NO2. The summed E-state index contributed by atoms with van der Waals surface area (Å²) in [4.78, 5) is 10.4. The Balaban J connectivity index is 3.17. The Labute approximate surface area is 93.6 Å². The van der Waals surface area contributed by atoms with E-state index < -0.39 is 46.5 Å². The zero-order valence-electron chi connectivity index (χ0n) is 7.81. The van der Waals surface area contributed by atoms with Gasteiger partial charge in [-0.05, 0) is 6.07 Å². The van der Waals surface area contributed by atoms with Crippen molar-refractivity contribution in [2.75, 3.05) is 0 Å². The van der Waals surface area contributed by atoms with Gasteiger partial charge < -0.3 is 10.8 Å². The zero-order chi connectivity index (χ0) is 12.5. The molecule has 0 aliphatic rings. The Bertz CT molecular complexity index is 413. The molecular weight excluding hydrogens is 247 g/mol. The Morgan fingerprint density at radius 3 is 2.50 bits per heavy atom. The highest BCUT2D eigenvalue weighted by Gasteiger charge is 2.22. The van der Waals surface area contributed by atoms with Crippen LogP contribution in [0.3, 0.4) is 0 Å². The van der Waals surface area contributed by atoms with Crippen molar-refractivity contribution in [3.05, 3.63) is 34.1 Å². The number of carbonyl (C=O) groups is 1. The first-order chi connectivity index (χ1) is 7.34. The molecule has 1 atom stereocenters. The van der Waals surface area contributed by atoms with Gasteiger partial charge in [0.2, 0.25) is 0 Å². The van der Waals surface area contributed by atoms with E-state index in [-0.39, 0.29) is 0 Å².